The van der Waals surface area contributed by atoms with E-state index >= 15 is 0 Å². The predicted molar refractivity (Wildman–Crippen MR) is 216 cm³/mol. The lowest BCUT2D eigenvalue weighted by Crippen LogP contribution is -2.52. The third-order valence-electron chi connectivity index (χ3n) is 11.7. The Bertz CT molecular complexity index is 2260. The largest absolute Gasteiger partial charge is 0.478 e. The average molecular weight is 791 g/mol. The van der Waals surface area contributed by atoms with Gasteiger partial charge in [0, 0.05) is 78.5 Å². The van der Waals surface area contributed by atoms with Crippen LogP contribution in [0.1, 0.15) is 104 Å². The highest BCUT2D eigenvalue weighted by molar-refractivity contribution is 6.06. The van der Waals surface area contributed by atoms with Gasteiger partial charge in [0.05, 0.1) is 23.7 Å². The highest BCUT2D eigenvalue weighted by Gasteiger charge is 2.40. The van der Waals surface area contributed by atoms with Gasteiger partial charge in [-0.05, 0) is 103 Å². The molecule has 4 amide bonds. The van der Waals surface area contributed by atoms with Crippen LogP contribution in [0.3, 0.4) is 0 Å². The van der Waals surface area contributed by atoms with E-state index in [4.69, 9.17) is 9.47 Å². The lowest BCUT2D eigenvalue weighted by Gasteiger charge is -2.35. The molecule has 0 spiro atoms. The zero-order valence-corrected chi connectivity index (χ0v) is 33.5. The summed E-state index contributed by atoms with van der Waals surface area (Å²) in [5.41, 5.74) is 3.70. The number of carbonyl (C=O) groups is 5. The van der Waals surface area contributed by atoms with Gasteiger partial charge in [0.25, 0.3) is 11.8 Å². The van der Waals surface area contributed by atoms with Gasteiger partial charge in [-0.3, -0.25) is 29.4 Å². The van der Waals surface area contributed by atoms with Crippen LogP contribution in [-0.2, 0) is 20.9 Å². The second kappa shape index (κ2) is 15.8. The van der Waals surface area contributed by atoms with Crippen molar-refractivity contribution in [2.24, 2.45) is 5.92 Å². The van der Waals surface area contributed by atoms with Crippen LogP contribution in [0, 0.1) is 5.92 Å². The smallest absolute Gasteiger partial charge is 0.419 e. The van der Waals surface area contributed by atoms with Crippen molar-refractivity contribution in [3.63, 3.8) is 0 Å². The summed E-state index contributed by atoms with van der Waals surface area (Å²) in [6.45, 7) is 8.97. The van der Waals surface area contributed by atoms with Crippen molar-refractivity contribution in [2.75, 3.05) is 43.5 Å². The van der Waals surface area contributed by atoms with E-state index < -0.39 is 23.6 Å². The van der Waals surface area contributed by atoms with Crippen LogP contribution < -0.4 is 20.3 Å². The molecule has 304 valence electrons. The molecule has 0 aliphatic carbocycles. The normalized spacial score (nSPS) is 20.4. The summed E-state index contributed by atoms with van der Waals surface area (Å²) in [6.07, 6.45) is 7.98. The zero-order chi connectivity index (χ0) is 40.7. The third kappa shape index (κ3) is 8.00. The van der Waals surface area contributed by atoms with E-state index in [1.165, 1.54) is 6.20 Å². The topological polar surface area (TPSA) is 168 Å². The molecule has 58 heavy (non-hydrogen) atoms. The predicted octanol–water partition coefficient (Wildman–Crippen LogP) is 5.68. The number of nitrogens with one attached hydrogen (secondary N) is 2. The van der Waals surface area contributed by atoms with E-state index in [2.05, 4.69) is 37.4 Å². The molecule has 8 rings (SSSR count). The Balaban J connectivity index is 0.840. The molecule has 3 saturated heterocycles. The maximum absolute atomic E-state index is 13.5. The summed E-state index contributed by atoms with van der Waals surface area (Å²) in [5.74, 6) is -0.0676. The van der Waals surface area contributed by atoms with Crippen molar-refractivity contribution in [1.29, 1.82) is 0 Å². The monoisotopic (exact) mass is 790 g/mol. The molecule has 15 nitrogen and oxygen atoms in total. The molecule has 4 aromatic rings. The van der Waals surface area contributed by atoms with E-state index in [-0.39, 0.29) is 30.2 Å². The van der Waals surface area contributed by atoms with E-state index in [0.717, 1.165) is 74.1 Å². The maximum Gasteiger partial charge on any atom is 0.419 e. The molecule has 4 aliphatic rings. The number of hydrogen-bond acceptors (Lipinski definition) is 11. The number of imide groups is 1. The fourth-order valence-electron chi connectivity index (χ4n) is 8.68. The van der Waals surface area contributed by atoms with Crippen LogP contribution in [0.5, 0.6) is 5.88 Å². The molecule has 7 heterocycles. The first-order valence-electron chi connectivity index (χ1n) is 20.2. The van der Waals surface area contributed by atoms with Crippen molar-refractivity contribution >= 4 is 52.1 Å². The van der Waals surface area contributed by atoms with E-state index in [1.807, 2.05) is 45.0 Å². The number of ether oxygens (including phenoxy) is 2. The van der Waals surface area contributed by atoms with Gasteiger partial charge in [-0.2, -0.15) is 0 Å². The summed E-state index contributed by atoms with van der Waals surface area (Å²) in [6, 6.07) is 12.2. The fourth-order valence-corrected chi connectivity index (χ4v) is 8.68. The van der Waals surface area contributed by atoms with E-state index in [1.54, 1.807) is 33.9 Å². The molecule has 2 N–H and O–H groups in total. The van der Waals surface area contributed by atoms with Crippen LogP contribution in [0.2, 0.25) is 0 Å². The molecular formula is C43H50N8O7. The number of amides is 4. The Labute approximate surface area is 337 Å². The Morgan fingerprint density at radius 2 is 1.76 bits per heavy atom. The second-order valence-electron chi connectivity index (χ2n) is 16.8. The van der Waals surface area contributed by atoms with Crippen molar-refractivity contribution in [3.8, 4) is 5.88 Å². The number of fused-ring (bicyclic) bond motifs is 2. The van der Waals surface area contributed by atoms with Crippen LogP contribution in [0.25, 0.3) is 10.9 Å². The SMILES string of the molecule is CN1CCC[C@@H]1c1cc2cnc(NC(=O)c3ccc(OCCC4CCN(c5cccc6c5CN(C5CCC(=O)NC5=O)C6=O)CC4)nc3)cc2n1C(=O)OC(C)(C)C. The van der Waals surface area contributed by atoms with Gasteiger partial charge in [-0.15, -0.1) is 0 Å². The Morgan fingerprint density at radius 3 is 2.47 bits per heavy atom. The van der Waals surface area contributed by atoms with E-state index in [9.17, 15) is 24.0 Å². The number of likely N-dealkylation sites (tertiary alicyclic amines) is 1. The Kier molecular flexibility index (Phi) is 10.7. The third-order valence-corrected chi connectivity index (χ3v) is 11.7. The fraction of sp³-hybridized carbons (Fsp3) is 0.465. The van der Waals surface area contributed by atoms with Gasteiger partial charge >= 0.3 is 6.09 Å². The van der Waals surface area contributed by atoms with Gasteiger partial charge in [0.1, 0.15) is 17.5 Å². The van der Waals surface area contributed by atoms with Crippen molar-refractivity contribution in [3.05, 3.63) is 77.2 Å². The lowest BCUT2D eigenvalue weighted by molar-refractivity contribution is -0.136. The molecular weight excluding hydrogens is 741 g/mol. The van der Waals surface area contributed by atoms with Gasteiger partial charge in [-0.1, -0.05) is 6.07 Å². The number of benzene rings is 1. The standard InChI is InChI=1S/C43H50N8O7/c1-43(2,3)58-42(56)51-34-22-36(44-24-28(34)21-35(51)32-9-6-17-48(32)4)46-39(53)27-10-13-38(45-23-27)57-20-16-26-14-18-49(19-15-26)31-8-5-7-29-30(31)25-50(41(29)55)33-11-12-37(52)47-40(33)54/h5,7-8,10,13,21-24,26,32-33H,6,9,11-12,14-20,25H2,1-4H3,(H,44,46,53)(H,47,52,54)/t32-,33?/m1/s1. The molecule has 3 aromatic heterocycles. The molecule has 2 atom stereocenters. The Morgan fingerprint density at radius 1 is 0.948 bits per heavy atom. The van der Waals surface area contributed by atoms with Gasteiger partial charge in [-0.25, -0.2) is 19.3 Å². The summed E-state index contributed by atoms with van der Waals surface area (Å²) in [4.78, 5) is 79.3. The summed E-state index contributed by atoms with van der Waals surface area (Å²) in [7, 11) is 2.05. The van der Waals surface area contributed by atoms with Gasteiger partial charge in [0.15, 0.2) is 0 Å². The average Bonchev–Trinajstić information content (AvgIpc) is 3.89. The molecule has 15 heteroatoms. The zero-order valence-electron chi connectivity index (χ0n) is 33.5. The van der Waals surface area contributed by atoms with Crippen LogP contribution in [0.15, 0.2) is 54.9 Å². The number of nitrogens with zero attached hydrogens (tertiary/aromatic N) is 6. The first kappa shape index (κ1) is 39.0. The highest BCUT2D eigenvalue weighted by Crippen LogP contribution is 2.37. The minimum absolute atomic E-state index is 0.0654. The molecule has 1 aromatic carbocycles. The first-order chi connectivity index (χ1) is 27.8. The highest BCUT2D eigenvalue weighted by atomic mass is 16.6. The molecule has 1 unspecified atom stereocenters. The number of pyridine rings is 2. The van der Waals surface area contributed by atoms with Gasteiger partial charge in [0.2, 0.25) is 17.7 Å². The number of aromatic nitrogens is 3. The summed E-state index contributed by atoms with van der Waals surface area (Å²) in [5, 5.41) is 6.01. The van der Waals surface area contributed by atoms with Crippen molar-refractivity contribution < 1.29 is 33.4 Å². The summed E-state index contributed by atoms with van der Waals surface area (Å²) >= 11 is 0. The molecule has 0 bridgehead atoms. The van der Waals surface area contributed by atoms with E-state index in [0.29, 0.717) is 53.8 Å². The quantitative estimate of drug-likeness (QED) is 0.200. The lowest BCUT2D eigenvalue weighted by atomic mass is 9.93. The van der Waals surface area contributed by atoms with Crippen LogP contribution >= 0.6 is 0 Å². The molecule has 0 saturated carbocycles. The summed E-state index contributed by atoms with van der Waals surface area (Å²) < 4.78 is 13.4. The number of carbonyl (C=O) groups excluding carboxylic acids is 5. The molecule has 4 aliphatic heterocycles. The number of piperidine rings is 2. The van der Waals surface area contributed by atoms with Crippen LogP contribution in [-0.4, -0.2) is 99.0 Å². The van der Waals surface area contributed by atoms with Crippen molar-refractivity contribution in [2.45, 2.75) is 89.9 Å². The van der Waals surface area contributed by atoms with Gasteiger partial charge < -0.3 is 24.6 Å². The van der Waals surface area contributed by atoms with Crippen molar-refractivity contribution in [1.82, 2.24) is 29.7 Å². The number of hydrogen-bond donors (Lipinski definition) is 2. The number of anilines is 2. The molecule has 0 radical (unpaired) electrons. The number of rotatable bonds is 9. The minimum Gasteiger partial charge on any atom is -0.478 e. The second-order valence-corrected chi connectivity index (χ2v) is 16.8. The molecule has 3 fully saturated rings. The van der Waals surface area contributed by atoms with Crippen LogP contribution in [0.4, 0.5) is 16.3 Å². The first-order valence-corrected chi connectivity index (χ1v) is 20.2. The Hall–Kier alpha value is -5.83. The minimum atomic E-state index is -0.682. The maximum atomic E-state index is 13.5.